The normalized spacial score (nSPS) is 17.8. The van der Waals surface area contributed by atoms with E-state index in [0.29, 0.717) is 19.0 Å². The molecule has 8 heteroatoms. The van der Waals surface area contributed by atoms with Gasteiger partial charge in [0, 0.05) is 57.7 Å². The number of Topliss-reactive ketones (excluding diaryl/α,β-unsaturated/α-hetero) is 1. The molecule has 0 unspecified atom stereocenters. The number of anilines is 1. The summed E-state index contributed by atoms with van der Waals surface area (Å²) in [5, 5.41) is 4.40. The molecule has 3 aromatic rings. The lowest BCUT2D eigenvalue weighted by atomic mass is 9.93. The fraction of sp³-hybridized carbons (Fsp3) is 0.444. The molecule has 26 heavy (non-hydrogen) atoms. The number of ketones is 1. The molecule has 0 aliphatic carbocycles. The molecular formula is C18H22N6O2. The highest BCUT2D eigenvalue weighted by atomic mass is 16.5. The molecule has 1 atom stereocenters. The third kappa shape index (κ3) is 2.96. The highest BCUT2D eigenvalue weighted by Gasteiger charge is 2.30. The van der Waals surface area contributed by atoms with Gasteiger partial charge in [0.1, 0.15) is 5.82 Å². The molecule has 0 saturated carbocycles. The van der Waals surface area contributed by atoms with Crippen LogP contribution >= 0.6 is 0 Å². The van der Waals surface area contributed by atoms with Crippen molar-refractivity contribution in [2.24, 2.45) is 13.0 Å². The van der Waals surface area contributed by atoms with Gasteiger partial charge in [-0.3, -0.25) is 4.79 Å². The first-order valence-electron chi connectivity index (χ1n) is 8.76. The van der Waals surface area contributed by atoms with E-state index in [1.165, 1.54) is 0 Å². The molecule has 1 aliphatic heterocycles. The van der Waals surface area contributed by atoms with Gasteiger partial charge in [0.15, 0.2) is 11.5 Å². The van der Waals surface area contributed by atoms with Crippen LogP contribution < -0.4 is 4.90 Å². The first-order valence-corrected chi connectivity index (χ1v) is 8.76. The summed E-state index contributed by atoms with van der Waals surface area (Å²) in [6, 6.07) is 3.88. The summed E-state index contributed by atoms with van der Waals surface area (Å²) >= 11 is 0. The number of carbonyl (C=O) groups excluding carboxylic acids is 1. The van der Waals surface area contributed by atoms with Crippen LogP contribution in [-0.2, 0) is 18.4 Å². The van der Waals surface area contributed by atoms with Crippen LogP contribution in [0.3, 0.4) is 0 Å². The Kier molecular flexibility index (Phi) is 4.42. The number of ether oxygens (including phenoxy) is 1. The first-order chi connectivity index (χ1) is 12.7. The molecule has 3 aromatic heterocycles. The zero-order chi connectivity index (χ0) is 18.1. The summed E-state index contributed by atoms with van der Waals surface area (Å²) in [5.41, 5.74) is 1.64. The van der Waals surface area contributed by atoms with E-state index < -0.39 is 0 Å². The highest BCUT2D eigenvalue weighted by Crippen LogP contribution is 2.26. The van der Waals surface area contributed by atoms with Crippen molar-refractivity contribution < 1.29 is 9.53 Å². The number of aromatic nitrogens is 5. The standard InChI is InChI=1S/C18H22N6O2/c1-22-9-7-19-18(22)17(25)13-4-3-8-23(11-13)16-10-14(12-26-2)21-15-5-6-20-24(15)16/h5-7,9-10,13H,3-4,8,11-12H2,1-2H3/t13-/m1/s1. The molecule has 1 fully saturated rings. The Balaban J connectivity index is 1.64. The Bertz CT molecular complexity index is 931. The number of carbonyl (C=O) groups is 1. The van der Waals surface area contributed by atoms with Crippen molar-refractivity contribution in [3.05, 3.63) is 42.2 Å². The van der Waals surface area contributed by atoms with Crippen LogP contribution in [0.25, 0.3) is 5.65 Å². The summed E-state index contributed by atoms with van der Waals surface area (Å²) in [4.78, 5) is 23.9. The molecule has 0 bridgehead atoms. The third-order valence-electron chi connectivity index (χ3n) is 4.84. The van der Waals surface area contributed by atoms with Crippen molar-refractivity contribution in [2.75, 3.05) is 25.1 Å². The number of piperidine rings is 1. The van der Waals surface area contributed by atoms with Crippen LogP contribution in [0.5, 0.6) is 0 Å². The summed E-state index contributed by atoms with van der Waals surface area (Å²) < 4.78 is 8.86. The van der Waals surface area contributed by atoms with Crippen LogP contribution in [0.2, 0.25) is 0 Å². The predicted molar refractivity (Wildman–Crippen MR) is 96.2 cm³/mol. The number of hydrogen-bond donors (Lipinski definition) is 0. The second kappa shape index (κ2) is 6.87. The summed E-state index contributed by atoms with van der Waals surface area (Å²) in [6.45, 7) is 1.98. The number of rotatable bonds is 5. The molecule has 4 heterocycles. The number of nitrogens with zero attached hydrogens (tertiary/aromatic N) is 6. The lowest BCUT2D eigenvalue weighted by Crippen LogP contribution is -2.40. The fourth-order valence-electron chi connectivity index (χ4n) is 3.58. The Morgan fingerprint density at radius 1 is 1.38 bits per heavy atom. The maximum Gasteiger partial charge on any atom is 0.203 e. The molecule has 0 spiro atoms. The second-order valence-corrected chi connectivity index (χ2v) is 6.65. The lowest BCUT2D eigenvalue weighted by Gasteiger charge is -2.33. The van der Waals surface area contributed by atoms with E-state index in [-0.39, 0.29) is 11.7 Å². The van der Waals surface area contributed by atoms with Gasteiger partial charge < -0.3 is 14.2 Å². The average Bonchev–Trinajstić information content (AvgIpc) is 3.29. The number of imidazole rings is 1. The van der Waals surface area contributed by atoms with Crippen LogP contribution in [0.1, 0.15) is 29.2 Å². The quantitative estimate of drug-likeness (QED) is 0.649. The molecule has 136 valence electrons. The van der Waals surface area contributed by atoms with E-state index in [1.54, 1.807) is 30.3 Å². The molecular weight excluding hydrogens is 332 g/mol. The maximum absolute atomic E-state index is 12.9. The first kappa shape index (κ1) is 16.7. The predicted octanol–water partition coefficient (Wildman–Crippen LogP) is 1.71. The van der Waals surface area contributed by atoms with Gasteiger partial charge in [0.25, 0.3) is 0 Å². The number of methoxy groups -OCH3 is 1. The number of fused-ring (bicyclic) bond motifs is 1. The highest BCUT2D eigenvalue weighted by molar-refractivity contribution is 5.95. The van der Waals surface area contributed by atoms with Gasteiger partial charge in [0.05, 0.1) is 18.5 Å². The largest absolute Gasteiger partial charge is 0.378 e. The van der Waals surface area contributed by atoms with E-state index in [2.05, 4.69) is 20.0 Å². The summed E-state index contributed by atoms with van der Waals surface area (Å²) in [6.07, 6.45) is 7.04. The van der Waals surface area contributed by atoms with Crippen molar-refractivity contribution in [2.45, 2.75) is 19.4 Å². The number of hydrogen-bond acceptors (Lipinski definition) is 6. The van der Waals surface area contributed by atoms with Gasteiger partial charge >= 0.3 is 0 Å². The second-order valence-electron chi connectivity index (χ2n) is 6.65. The lowest BCUT2D eigenvalue weighted by molar-refractivity contribution is 0.0893. The molecule has 0 N–H and O–H groups in total. The maximum atomic E-state index is 12.9. The Hall–Kier alpha value is -2.74. The minimum absolute atomic E-state index is 0.0745. The van der Waals surface area contributed by atoms with Crippen LogP contribution in [0.4, 0.5) is 5.82 Å². The fourth-order valence-corrected chi connectivity index (χ4v) is 3.58. The van der Waals surface area contributed by atoms with E-state index >= 15 is 0 Å². The number of aryl methyl sites for hydroxylation is 1. The molecule has 8 nitrogen and oxygen atoms in total. The zero-order valence-corrected chi connectivity index (χ0v) is 15.0. The topological polar surface area (TPSA) is 77.5 Å². The zero-order valence-electron chi connectivity index (χ0n) is 15.0. The minimum atomic E-state index is -0.0745. The average molecular weight is 354 g/mol. The Morgan fingerprint density at radius 3 is 3.04 bits per heavy atom. The van der Waals surface area contributed by atoms with Gasteiger partial charge in [-0.05, 0) is 12.8 Å². The summed E-state index contributed by atoms with van der Waals surface area (Å²) in [5.74, 6) is 1.50. The van der Waals surface area contributed by atoms with Crippen molar-refractivity contribution in [3.63, 3.8) is 0 Å². The molecule has 1 saturated heterocycles. The van der Waals surface area contributed by atoms with Gasteiger partial charge in [-0.25, -0.2) is 9.97 Å². The monoisotopic (exact) mass is 354 g/mol. The summed E-state index contributed by atoms with van der Waals surface area (Å²) in [7, 11) is 3.51. The van der Waals surface area contributed by atoms with Crippen LogP contribution in [0.15, 0.2) is 30.7 Å². The molecule has 0 aromatic carbocycles. The van der Waals surface area contributed by atoms with E-state index in [9.17, 15) is 4.79 Å². The molecule has 1 aliphatic rings. The van der Waals surface area contributed by atoms with Crippen LogP contribution in [0, 0.1) is 5.92 Å². The van der Waals surface area contributed by atoms with Crippen LogP contribution in [-0.4, -0.2) is 50.1 Å². The van der Waals surface area contributed by atoms with E-state index in [0.717, 1.165) is 36.5 Å². The van der Waals surface area contributed by atoms with Gasteiger partial charge in [-0.15, -0.1) is 0 Å². The van der Waals surface area contributed by atoms with Gasteiger partial charge in [0.2, 0.25) is 5.78 Å². The van der Waals surface area contributed by atoms with Crippen molar-refractivity contribution >= 4 is 17.2 Å². The minimum Gasteiger partial charge on any atom is -0.378 e. The molecule has 4 rings (SSSR count). The Morgan fingerprint density at radius 2 is 2.27 bits per heavy atom. The Labute approximate surface area is 151 Å². The van der Waals surface area contributed by atoms with E-state index in [4.69, 9.17) is 4.74 Å². The van der Waals surface area contributed by atoms with Crippen molar-refractivity contribution in [1.82, 2.24) is 24.1 Å². The van der Waals surface area contributed by atoms with E-state index in [1.807, 2.05) is 23.7 Å². The third-order valence-corrected chi connectivity index (χ3v) is 4.84. The smallest absolute Gasteiger partial charge is 0.203 e. The van der Waals surface area contributed by atoms with Crippen molar-refractivity contribution in [3.8, 4) is 0 Å². The van der Waals surface area contributed by atoms with Crippen molar-refractivity contribution in [1.29, 1.82) is 0 Å². The molecule has 0 radical (unpaired) electrons. The van der Waals surface area contributed by atoms with Gasteiger partial charge in [-0.2, -0.15) is 9.61 Å². The SMILES string of the molecule is COCc1cc(N2CCC[C@@H](C(=O)c3nccn3C)C2)n2nccc2n1. The molecule has 0 amide bonds. The van der Waals surface area contributed by atoms with Gasteiger partial charge in [-0.1, -0.05) is 0 Å².